The van der Waals surface area contributed by atoms with Crippen molar-refractivity contribution >= 4 is 11.9 Å². The van der Waals surface area contributed by atoms with Crippen molar-refractivity contribution in [2.24, 2.45) is 17.8 Å². The number of unbranched alkanes of at least 4 members (excludes halogenated alkanes) is 2. The van der Waals surface area contributed by atoms with Crippen LogP contribution >= 0.6 is 0 Å². The molecule has 0 aromatic heterocycles. The average molecular weight is 475 g/mol. The van der Waals surface area contributed by atoms with Gasteiger partial charge in [-0.05, 0) is 73.5 Å². The Bertz CT molecular complexity index is 878. The Morgan fingerprint density at radius 3 is 2.68 bits per heavy atom. The first-order valence-corrected chi connectivity index (χ1v) is 12.9. The molecule has 4 rings (SSSR count). The van der Waals surface area contributed by atoms with Crippen molar-refractivity contribution in [2.75, 3.05) is 6.61 Å². The third kappa shape index (κ3) is 5.57. The summed E-state index contributed by atoms with van der Waals surface area (Å²) in [6.07, 6.45) is 8.22. The lowest BCUT2D eigenvalue weighted by Gasteiger charge is -2.32. The molecule has 0 radical (unpaired) electrons. The number of hydrogen-bond acceptors (Lipinski definition) is 6. The third-order valence-electron chi connectivity index (χ3n) is 8.07. The van der Waals surface area contributed by atoms with Gasteiger partial charge in [-0.1, -0.05) is 38.3 Å². The van der Waals surface area contributed by atoms with Gasteiger partial charge in [0.15, 0.2) is 6.61 Å². The van der Waals surface area contributed by atoms with E-state index in [1.165, 1.54) is 5.56 Å². The minimum absolute atomic E-state index is 0.198. The summed E-state index contributed by atoms with van der Waals surface area (Å²) < 4.78 is 10.9. The van der Waals surface area contributed by atoms with Crippen molar-refractivity contribution in [1.29, 1.82) is 0 Å². The molecule has 1 aromatic carbocycles. The number of carboxylic acid groups (broad SMARTS) is 1. The highest BCUT2D eigenvalue weighted by molar-refractivity contribution is 5.85. The predicted octanol–water partition coefficient (Wildman–Crippen LogP) is 3.66. The van der Waals surface area contributed by atoms with Crippen LogP contribution in [0.4, 0.5) is 0 Å². The first kappa shape index (κ1) is 25.0. The van der Waals surface area contributed by atoms with Gasteiger partial charge in [0.25, 0.3) is 0 Å². The summed E-state index contributed by atoms with van der Waals surface area (Å²) in [4.78, 5) is 23.4. The lowest BCUT2D eigenvalue weighted by atomic mass is 9.73. The Morgan fingerprint density at radius 1 is 1.18 bits per heavy atom. The fraction of sp³-hybridized carbons (Fsp3) is 0.704. The number of fused-ring (bicyclic) bond motifs is 2. The topological polar surface area (TPSA) is 113 Å². The molecule has 7 nitrogen and oxygen atoms in total. The molecule has 5 atom stereocenters. The van der Waals surface area contributed by atoms with Gasteiger partial charge in [0.1, 0.15) is 5.75 Å². The van der Waals surface area contributed by atoms with Crippen molar-refractivity contribution in [3.05, 3.63) is 29.3 Å². The molecule has 0 saturated heterocycles. The second-order valence-electron chi connectivity index (χ2n) is 10.5. The average Bonchev–Trinajstić information content (AvgIpc) is 3.52. The van der Waals surface area contributed by atoms with Crippen LogP contribution in [0.2, 0.25) is 0 Å². The SMILES string of the molecule is CCCCC[C@H](O)CC[C@@H]1[C@H]2Cc3cccc(OCC(=O)OC4(C(=O)O)CC4)c3C[C@H]2C[C@H]1O. The standard InChI is InChI=1S/C27H38O7/c1-2-3-4-7-19(28)9-10-20-21-13-17-6-5-8-24(22(17)14-18(21)15-23(20)29)33-16-25(30)34-27(11-12-27)26(31)32/h5-6,8,18-21,23,28-29H,2-4,7,9-16H2,1H3,(H,31,32)/t18-,19-,20+,21-,23+/m0/s1. The van der Waals surface area contributed by atoms with E-state index < -0.39 is 17.5 Å². The molecular weight excluding hydrogens is 436 g/mol. The molecule has 7 heteroatoms. The smallest absolute Gasteiger partial charge is 0.348 e. The maximum absolute atomic E-state index is 12.2. The van der Waals surface area contributed by atoms with Gasteiger partial charge in [-0.3, -0.25) is 0 Å². The summed E-state index contributed by atoms with van der Waals surface area (Å²) >= 11 is 0. The first-order chi connectivity index (χ1) is 16.3. The van der Waals surface area contributed by atoms with E-state index >= 15 is 0 Å². The number of hydrogen-bond donors (Lipinski definition) is 3. The summed E-state index contributed by atoms with van der Waals surface area (Å²) in [7, 11) is 0. The maximum Gasteiger partial charge on any atom is 0.348 e. The van der Waals surface area contributed by atoms with Crippen LogP contribution in [0.25, 0.3) is 0 Å². The van der Waals surface area contributed by atoms with Crippen molar-refractivity contribution in [2.45, 2.75) is 95.4 Å². The van der Waals surface area contributed by atoms with Crippen LogP contribution in [0, 0.1) is 17.8 Å². The van der Waals surface area contributed by atoms with Crippen LogP contribution < -0.4 is 4.74 Å². The van der Waals surface area contributed by atoms with Crippen LogP contribution in [0.15, 0.2) is 18.2 Å². The molecule has 0 spiro atoms. The Balaban J connectivity index is 1.34. The summed E-state index contributed by atoms with van der Waals surface area (Å²) in [6.45, 7) is 1.84. The van der Waals surface area contributed by atoms with Crippen molar-refractivity contribution in [3.63, 3.8) is 0 Å². The lowest BCUT2D eigenvalue weighted by molar-refractivity contribution is -0.168. The summed E-state index contributed by atoms with van der Waals surface area (Å²) in [5.41, 5.74) is 0.893. The molecule has 3 N–H and O–H groups in total. The fourth-order valence-electron chi connectivity index (χ4n) is 5.96. The number of carbonyl (C=O) groups is 2. The molecule has 34 heavy (non-hydrogen) atoms. The minimum Gasteiger partial charge on any atom is -0.482 e. The maximum atomic E-state index is 12.2. The molecule has 3 aliphatic carbocycles. The van der Waals surface area contributed by atoms with E-state index in [4.69, 9.17) is 9.47 Å². The Kier molecular flexibility index (Phi) is 7.83. The first-order valence-electron chi connectivity index (χ1n) is 12.9. The number of carboxylic acids is 1. The zero-order chi connectivity index (χ0) is 24.3. The number of aliphatic hydroxyl groups excluding tert-OH is 2. The number of aliphatic hydroxyl groups is 2. The monoisotopic (exact) mass is 474 g/mol. The van der Waals surface area contributed by atoms with Crippen LogP contribution in [0.1, 0.15) is 75.8 Å². The van der Waals surface area contributed by atoms with Gasteiger partial charge in [-0.2, -0.15) is 0 Å². The van der Waals surface area contributed by atoms with E-state index in [1.807, 2.05) is 12.1 Å². The van der Waals surface area contributed by atoms with Gasteiger partial charge in [-0.15, -0.1) is 0 Å². The van der Waals surface area contributed by atoms with Crippen LogP contribution in [0.5, 0.6) is 5.75 Å². The number of ether oxygens (including phenoxy) is 2. The van der Waals surface area contributed by atoms with Crippen LogP contribution in [0.3, 0.4) is 0 Å². The largest absolute Gasteiger partial charge is 0.482 e. The zero-order valence-corrected chi connectivity index (χ0v) is 20.1. The molecule has 2 saturated carbocycles. The van der Waals surface area contributed by atoms with E-state index in [0.29, 0.717) is 30.4 Å². The number of esters is 1. The van der Waals surface area contributed by atoms with Crippen molar-refractivity contribution in [3.8, 4) is 5.75 Å². The third-order valence-corrected chi connectivity index (χ3v) is 8.07. The quantitative estimate of drug-likeness (QED) is 0.313. The fourth-order valence-corrected chi connectivity index (χ4v) is 5.96. The molecule has 188 valence electrons. The molecule has 3 aliphatic rings. The predicted molar refractivity (Wildman–Crippen MR) is 126 cm³/mol. The number of benzene rings is 1. The van der Waals surface area contributed by atoms with E-state index in [9.17, 15) is 24.9 Å². The molecule has 0 bridgehead atoms. The van der Waals surface area contributed by atoms with Gasteiger partial charge in [-0.25, -0.2) is 9.59 Å². The second kappa shape index (κ2) is 10.6. The molecule has 2 fully saturated rings. The summed E-state index contributed by atoms with van der Waals surface area (Å²) in [5.74, 6) is -0.201. The van der Waals surface area contributed by atoms with E-state index in [-0.39, 0.29) is 24.7 Å². The van der Waals surface area contributed by atoms with Gasteiger partial charge >= 0.3 is 11.9 Å². The molecule has 0 unspecified atom stereocenters. The van der Waals surface area contributed by atoms with Crippen LogP contribution in [-0.2, 0) is 27.2 Å². The number of rotatable bonds is 12. The van der Waals surface area contributed by atoms with Gasteiger partial charge in [0, 0.05) is 12.8 Å². The van der Waals surface area contributed by atoms with E-state index in [1.54, 1.807) is 0 Å². The molecule has 0 heterocycles. The van der Waals surface area contributed by atoms with Gasteiger partial charge < -0.3 is 24.8 Å². The summed E-state index contributed by atoms with van der Waals surface area (Å²) in [6, 6.07) is 5.84. The molecule has 1 aromatic rings. The lowest BCUT2D eigenvalue weighted by Crippen LogP contribution is -2.31. The molecular formula is C27H38O7. The van der Waals surface area contributed by atoms with Crippen LogP contribution in [-0.4, -0.2) is 51.7 Å². The Labute approximate surface area is 201 Å². The summed E-state index contributed by atoms with van der Waals surface area (Å²) in [5, 5.41) is 30.4. The van der Waals surface area contributed by atoms with E-state index in [2.05, 4.69) is 13.0 Å². The van der Waals surface area contributed by atoms with Crippen molar-refractivity contribution < 1.29 is 34.4 Å². The normalized spacial score (nSPS) is 27.4. The van der Waals surface area contributed by atoms with Gasteiger partial charge in [0.2, 0.25) is 5.60 Å². The number of aliphatic carboxylic acids is 1. The highest BCUT2D eigenvalue weighted by Crippen LogP contribution is 2.48. The van der Waals surface area contributed by atoms with Gasteiger partial charge in [0.05, 0.1) is 12.2 Å². The second-order valence-corrected chi connectivity index (χ2v) is 10.5. The van der Waals surface area contributed by atoms with E-state index in [0.717, 1.165) is 63.4 Å². The Morgan fingerprint density at radius 2 is 1.97 bits per heavy atom. The highest BCUT2D eigenvalue weighted by Gasteiger charge is 2.54. The van der Waals surface area contributed by atoms with Crippen molar-refractivity contribution in [1.82, 2.24) is 0 Å². The minimum atomic E-state index is -1.36. The molecule has 0 aliphatic heterocycles. The molecule has 0 amide bonds. The zero-order valence-electron chi connectivity index (χ0n) is 20.1. The number of carbonyl (C=O) groups excluding carboxylic acids is 1. The Hall–Kier alpha value is -2.12. The highest BCUT2D eigenvalue weighted by atomic mass is 16.6.